The zero-order valence-corrected chi connectivity index (χ0v) is 13.4. The molecule has 0 aliphatic carbocycles. The smallest absolute Gasteiger partial charge is 0.262 e. The molecule has 0 radical (unpaired) electrons. The van der Waals surface area contributed by atoms with Crippen LogP contribution in [-0.2, 0) is 7.05 Å². The molecule has 1 atom stereocenters. The fraction of sp³-hybridized carbons (Fsp3) is 0.125. The summed E-state index contributed by atoms with van der Waals surface area (Å²) in [5.41, 5.74) is 0.979. The van der Waals surface area contributed by atoms with E-state index in [1.807, 2.05) is 48.1 Å². The summed E-state index contributed by atoms with van der Waals surface area (Å²) in [4.78, 5) is 17.4. The molecule has 2 aromatic heterocycles. The Morgan fingerprint density at radius 3 is 2.64 bits per heavy atom. The summed E-state index contributed by atoms with van der Waals surface area (Å²) in [6, 6.07) is 12.9. The molecule has 0 saturated carbocycles. The van der Waals surface area contributed by atoms with Gasteiger partial charge in [-0.3, -0.25) is 4.79 Å². The van der Waals surface area contributed by atoms with Crippen molar-refractivity contribution in [3.8, 4) is 0 Å². The molecule has 3 aromatic rings. The highest BCUT2D eigenvalue weighted by Gasteiger charge is 2.21. The van der Waals surface area contributed by atoms with Crippen LogP contribution in [0.15, 0.2) is 54.9 Å². The minimum absolute atomic E-state index is 0.159. The van der Waals surface area contributed by atoms with Gasteiger partial charge in [0, 0.05) is 19.4 Å². The number of aryl methyl sites for hydroxylation is 1. The number of benzene rings is 1. The van der Waals surface area contributed by atoms with Crippen LogP contribution < -0.4 is 5.32 Å². The van der Waals surface area contributed by atoms with Gasteiger partial charge in [-0.15, -0.1) is 11.3 Å². The maximum absolute atomic E-state index is 12.5. The molecule has 0 aliphatic heterocycles. The van der Waals surface area contributed by atoms with E-state index in [1.165, 1.54) is 11.3 Å². The standard InChI is InChI=1S/C16H14ClN3OS/c1-20-10-9-18-15(20)14(11-5-3-2-4-6-11)19-16(21)12-7-8-13(17)22-12/h2-10,14H,1H3,(H,19,21)/t14-/m0/s1. The second-order valence-corrected chi connectivity index (χ2v) is 6.53. The molecular formula is C16H14ClN3OS. The highest BCUT2D eigenvalue weighted by molar-refractivity contribution is 7.18. The third-order valence-electron chi connectivity index (χ3n) is 3.32. The molecule has 4 nitrogen and oxygen atoms in total. The number of hydrogen-bond acceptors (Lipinski definition) is 3. The van der Waals surface area contributed by atoms with Crippen molar-refractivity contribution in [1.29, 1.82) is 0 Å². The molecule has 1 amide bonds. The zero-order valence-electron chi connectivity index (χ0n) is 11.9. The lowest BCUT2D eigenvalue weighted by molar-refractivity contribution is 0.0945. The Labute approximate surface area is 137 Å². The predicted molar refractivity (Wildman–Crippen MR) is 88.3 cm³/mol. The lowest BCUT2D eigenvalue weighted by atomic mass is 10.1. The van der Waals surface area contributed by atoms with Gasteiger partial charge in [0.1, 0.15) is 11.9 Å². The van der Waals surface area contributed by atoms with Crippen LogP contribution in [0.25, 0.3) is 0 Å². The predicted octanol–water partition coefficient (Wildman–Crippen LogP) is 3.65. The van der Waals surface area contributed by atoms with E-state index >= 15 is 0 Å². The summed E-state index contributed by atoms with van der Waals surface area (Å²) in [5.74, 6) is 0.621. The average Bonchev–Trinajstić information content (AvgIpc) is 3.14. The molecule has 0 bridgehead atoms. The van der Waals surface area contributed by atoms with Crippen molar-refractivity contribution < 1.29 is 4.79 Å². The second-order valence-electron chi connectivity index (χ2n) is 4.82. The molecule has 3 rings (SSSR count). The van der Waals surface area contributed by atoms with Gasteiger partial charge in [0.25, 0.3) is 5.91 Å². The first-order valence-electron chi connectivity index (χ1n) is 6.73. The van der Waals surface area contributed by atoms with Crippen molar-refractivity contribution in [1.82, 2.24) is 14.9 Å². The molecular weight excluding hydrogens is 318 g/mol. The van der Waals surface area contributed by atoms with Crippen LogP contribution in [0.4, 0.5) is 0 Å². The van der Waals surface area contributed by atoms with Gasteiger partial charge in [-0.2, -0.15) is 0 Å². The number of carbonyl (C=O) groups is 1. The van der Waals surface area contributed by atoms with Gasteiger partial charge >= 0.3 is 0 Å². The normalized spacial score (nSPS) is 12.1. The summed E-state index contributed by atoms with van der Waals surface area (Å²) in [6.07, 6.45) is 3.58. The molecule has 0 spiro atoms. The fourth-order valence-corrected chi connectivity index (χ4v) is 3.18. The minimum Gasteiger partial charge on any atom is -0.337 e. The third-order valence-corrected chi connectivity index (χ3v) is 4.55. The van der Waals surface area contributed by atoms with Crippen molar-refractivity contribution in [2.45, 2.75) is 6.04 Å². The van der Waals surface area contributed by atoms with E-state index in [2.05, 4.69) is 10.3 Å². The van der Waals surface area contributed by atoms with Crippen LogP contribution >= 0.6 is 22.9 Å². The number of rotatable bonds is 4. The number of nitrogens with zero attached hydrogens (tertiary/aromatic N) is 2. The maximum Gasteiger partial charge on any atom is 0.262 e. The summed E-state index contributed by atoms with van der Waals surface area (Å²) in [5, 5.41) is 3.04. The maximum atomic E-state index is 12.5. The largest absolute Gasteiger partial charge is 0.337 e. The first-order chi connectivity index (χ1) is 10.6. The van der Waals surface area contributed by atoms with Crippen molar-refractivity contribution in [2.75, 3.05) is 0 Å². The van der Waals surface area contributed by atoms with Gasteiger partial charge in [-0.1, -0.05) is 41.9 Å². The van der Waals surface area contributed by atoms with E-state index in [1.54, 1.807) is 18.3 Å². The Hall–Kier alpha value is -2.11. The summed E-state index contributed by atoms with van der Waals surface area (Å²) in [6.45, 7) is 0. The van der Waals surface area contributed by atoms with Gasteiger partial charge in [0.2, 0.25) is 0 Å². The zero-order chi connectivity index (χ0) is 15.5. The Morgan fingerprint density at radius 2 is 2.05 bits per heavy atom. The van der Waals surface area contributed by atoms with Crippen molar-refractivity contribution in [2.24, 2.45) is 7.05 Å². The van der Waals surface area contributed by atoms with Crippen LogP contribution in [0.2, 0.25) is 4.34 Å². The molecule has 112 valence electrons. The van der Waals surface area contributed by atoms with E-state index in [-0.39, 0.29) is 11.9 Å². The Balaban J connectivity index is 1.93. The Kier molecular flexibility index (Phi) is 4.27. The Morgan fingerprint density at radius 1 is 1.27 bits per heavy atom. The lowest BCUT2D eigenvalue weighted by Crippen LogP contribution is -2.30. The van der Waals surface area contributed by atoms with Gasteiger partial charge < -0.3 is 9.88 Å². The summed E-state index contributed by atoms with van der Waals surface area (Å²) in [7, 11) is 1.91. The van der Waals surface area contributed by atoms with Crippen molar-refractivity contribution >= 4 is 28.8 Å². The quantitative estimate of drug-likeness (QED) is 0.793. The topological polar surface area (TPSA) is 46.9 Å². The van der Waals surface area contributed by atoms with E-state index in [9.17, 15) is 4.79 Å². The van der Waals surface area contributed by atoms with Crippen LogP contribution in [0.1, 0.15) is 27.1 Å². The van der Waals surface area contributed by atoms with Gasteiger partial charge in [0.15, 0.2) is 0 Å². The van der Waals surface area contributed by atoms with E-state index in [0.29, 0.717) is 9.21 Å². The number of amides is 1. The number of nitrogens with one attached hydrogen (secondary N) is 1. The van der Waals surface area contributed by atoms with Crippen LogP contribution in [0.3, 0.4) is 0 Å². The number of thiophene rings is 1. The molecule has 6 heteroatoms. The summed E-state index contributed by atoms with van der Waals surface area (Å²) < 4.78 is 2.50. The Bertz CT molecular complexity index is 782. The molecule has 2 heterocycles. The van der Waals surface area contributed by atoms with Crippen molar-refractivity contribution in [3.05, 3.63) is 75.5 Å². The average molecular weight is 332 g/mol. The first kappa shape index (κ1) is 14.8. The van der Waals surface area contributed by atoms with E-state index in [4.69, 9.17) is 11.6 Å². The first-order valence-corrected chi connectivity index (χ1v) is 7.93. The number of halogens is 1. The molecule has 0 aliphatic rings. The lowest BCUT2D eigenvalue weighted by Gasteiger charge is -2.18. The second kappa shape index (κ2) is 6.34. The molecule has 1 N–H and O–H groups in total. The molecule has 22 heavy (non-hydrogen) atoms. The van der Waals surface area contributed by atoms with Crippen LogP contribution in [0, 0.1) is 0 Å². The van der Waals surface area contributed by atoms with Crippen LogP contribution in [-0.4, -0.2) is 15.5 Å². The number of imidazole rings is 1. The highest BCUT2D eigenvalue weighted by Crippen LogP contribution is 2.24. The number of hydrogen-bond donors (Lipinski definition) is 1. The fourth-order valence-electron chi connectivity index (χ4n) is 2.24. The third kappa shape index (κ3) is 3.05. The number of carbonyl (C=O) groups excluding carboxylic acids is 1. The molecule has 0 saturated heterocycles. The minimum atomic E-state index is -0.311. The SMILES string of the molecule is Cn1ccnc1[C@@H](NC(=O)c1ccc(Cl)s1)c1ccccc1. The molecule has 0 fully saturated rings. The monoisotopic (exact) mass is 331 g/mol. The van der Waals surface area contributed by atoms with Gasteiger partial charge in [-0.05, 0) is 17.7 Å². The van der Waals surface area contributed by atoms with Gasteiger partial charge in [0.05, 0.1) is 9.21 Å². The van der Waals surface area contributed by atoms with Crippen molar-refractivity contribution in [3.63, 3.8) is 0 Å². The molecule has 0 unspecified atom stereocenters. The number of aromatic nitrogens is 2. The molecule has 1 aromatic carbocycles. The van der Waals surface area contributed by atoms with Crippen LogP contribution in [0.5, 0.6) is 0 Å². The van der Waals surface area contributed by atoms with Gasteiger partial charge in [-0.25, -0.2) is 4.98 Å². The summed E-state index contributed by atoms with van der Waals surface area (Å²) >= 11 is 7.17. The van der Waals surface area contributed by atoms with E-state index in [0.717, 1.165) is 11.4 Å². The highest BCUT2D eigenvalue weighted by atomic mass is 35.5. The van der Waals surface area contributed by atoms with E-state index < -0.39 is 0 Å².